The van der Waals surface area contributed by atoms with Crippen LogP contribution in [0.1, 0.15) is 11.1 Å². The maximum atomic E-state index is 13.4. The largest absolute Gasteiger partial charge is 0.495 e. The van der Waals surface area contributed by atoms with Crippen LogP contribution >= 0.6 is 11.6 Å². The van der Waals surface area contributed by atoms with Crippen LogP contribution < -0.4 is 10.1 Å². The minimum absolute atomic E-state index is 0.0603. The van der Waals surface area contributed by atoms with Gasteiger partial charge in [0, 0.05) is 18.1 Å². The van der Waals surface area contributed by atoms with E-state index in [0.717, 1.165) is 4.90 Å². The number of pyridine rings is 1. The highest BCUT2D eigenvalue weighted by Gasteiger charge is 2.39. The minimum Gasteiger partial charge on any atom is -0.495 e. The molecule has 31 heavy (non-hydrogen) atoms. The number of amides is 2. The third kappa shape index (κ3) is 4.13. The van der Waals surface area contributed by atoms with Gasteiger partial charge in [0.1, 0.15) is 17.3 Å². The van der Waals surface area contributed by atoms with Crippen molar-refractivity contribution in [3.8, 4) is 5.75 Å². The van der Waals surface area contributed by atoms with Crippen molar-refractivity contribution < 1.29 is 18.7 Å². The van der Waals surface area contributed by atoms with Crippen LogP contribution in [-0.2, 0) is 16.1 Å². The van der Waals surface area contributed by atoms with Crippen LogP contribution in [0.5, 0.6) is 5.75 Å². The number of ether oxygens (including phenoxy) is 1. The van der Waals surface area contributed by atoms with Crippen molar-refractivity contribution in [2.45, 2.75) is 6.54 Å². The smallest absolute Gasteiger partial charge is 0.278 e. The molecule has 0 aliphatic carbocycles. The average molecular weight is 438 g/mol. The molecule has 0 spiro atoms. The molecule has 1 aliphatic heterocycles. The van der Waals surface area contributed by atoms with E-state index in [2.05, 4.69) is 10.3 Å². The molecule has 1 N–H and O–H groups in total. The zero-order valence-corrected chi connectivity index (χ0v) is 17.2. The summed E-state index contributed by atoms with van der Waals surface area (Å²) < 4.78 is 18.6. The molecule has 0 saturated heterocycles. The fourth-order valence-electron chi connectivity index (χ4n) is 3.28. The lowest BCUT2D eigenvalue weighted by Gasteiger charge is -2.15. The highest BCUT2D eigenvalue weighted by Crippen LogP contribution is 2.33. The Balaban J connectivity index is 1.74. The van der Waals surface area contributed by atoms with Crippen LogP contribution in [0.3, 0.4) is 0 Å². The van der Waals surface area contributed by atoms with Gasteiger partial charge in [0.2, 0.25) is 0 Å². The molecule has 3 aromatic rings. The molecule has 6 nitrogen and oxygen atoms in total. The average Bonchev–Trinajstić information content (AvgIpc) is 3.00. The van der Waals surface area contributed by atoms with Crippen molar-refractivity contribution in [3.63, 3.8) is 0 Å². The second kappa shape index (κ2) is 8.57. The summed E-state index contributed by atoms with van der Waals surface area (Å²) in [6.07, 6.45) is 3.20. The zero-order valence-electron chi connectivity index (χ0n) is 16.4. The van der Waals surface area contributed by atoms with Crippen LogP contribution in [0.25, 0.3) is 5.57 Å². The first-order chi connectivity index (χ1) is 15.0. The molecule has 156 valence electrons. The summed E-state index contributed by atoms with van der Waals surface area (Å²) in [5, 5.41) is 3.36. The van der Waals surface area contributed by atoms with E-state index in [9.17, 15) is 14.0 Å². The third-order valence-corrected chi connectivity index (χ3v) is 5.08. The number of carbonyl (C=O) groups excluding carboxylic acids is 2. The van der Waals surface area contributed by atoms with Crippen LogP contribution in [0.15, 0.2) is 72.7 Å². The standard InChI is InChI=1S/C23H17ClFN3O3/c1-31-19-9-8-17(11-18(19)24)27-21-20(15-4-6-16(25)7-5-15)22(29)28(23(21)30)13-14-3-2-10-26-12-14/h2-12,27H,13H2,1H3. The van der Waals surface area contributed by atoms with Crippen LogP contribution in [0, 0.1) is 5.82 Å². The summed E-state index contributed by atoms with van der Waals surface area (Å²) >= 11 is 6.19. The minimum atomic E-state index is -0.500. The molecule has 0 radical (unpaired) electrons. The summed E-state index contributed by atoms with van der Waals surface area (Å²) in [6, 6.07) is 13.8. The Bertz CT molecular complexity index is 1180. The number of anilines is 1. The Kier molecular flexibility index (Phi) is 5.68. The lowest BCUT2D eigenvalue weighted by atomic mass is 10.0. The van der Waals surface area contributed by atoms with E-state index < -0.39 is 17.6 Å². The van der Waals surface area contributed by atoms with Gasteiger partial charge in [0.25, 0.3) is 11.8 Å². The fourth-order valence-corrected chi connectivity index (χ4v) is 3.54. The molecular formula is C23H17ClFN3O3. The Morgan fingerprint density at radius 2 is 1.87 bits per heavy atom. The number of halogens is 2. The predicted molar refractivity (Wildman–Crippen MR) is 115 cm³/mol. The predicted octanol–water partition coefficient (Wildman–Crippen LogP) is 4.27. The van der Waals surface area contributed by atoms with Crippen molar-refractivity contribution in [2.24, 2.45) is 0 Å². The number of hydrogen-bond donors (Lipinski definition) is 1. The molecule has 4 rings (SSSR count). The van der Waals surface area contributed by atoms with Crippen molar-refractivity contribution in [1.82, 2.24) is 9.88 Å². The van der Waals surface area contributed by atoms with E-state index >= 15 is 0 Å². The number of carbonyl (C=O) groups is 2. The SMILES string of the molecule is COc1ccc(NC2=C(c3ccc(F)cc3)C(=O)N(Cc3cccnc3)C2=O)cc1Cl. The fraction of sp³-hybridized carbons (Fsp3) is 0.0870. The van der Waals surface area contributed by atoms with Crippen LogP contribution in [0.2, 0.25) is 5.02 Å². The number of aromatic nitrogens is 1. The van der Waals surface area contributed by atoms with E-state index in [4.69, 9.17) is 16.3 Å². The number of nitrogens with one attached hydrogen (secondary N) is 1. The molecule has 0 saturated carbocycles. The Hall–Kier alpha value is -3.71. The van der Waals surface area contributed by atoms with Gasteiger partial charge in [-0.25, -0.2) is 4.39 Å². The maximum Gasteiger partial charge on any atom is 0.278 e. The summed E-state index contributed by atoms with van der Waals surface area (Å²) in [7, 11) is 1.50. The quantitative estimate of drug-likeness (QED) is 0.583. The van der Waals surface area contributed by atoms with Gasteiger partial charge in [-0.15, -0.1) is 0 Å². The normalized spacial score (nSPS) is 13.7. The van der Waals surface area contributed by atoms with Gasteiger partial charge in [-0.2, -0.15) is 0 Å². The van der Waals surface area contributed by atoms with E-state index in [-0.39, 0.29) is 17.8 Å². The van der Waals surface area contributed by atoms with Crippen molar-refractivity contribution in [2.75, 3.05) is 12.4 Å². The molecule has 1 aliphatic rings. The lowest BCUT2D eigenvalue weighted by molar-refractivity contribution is -0.137. The van der Waals surface area contributed by atoms with Crippen molar-refractivity contribution in [3.05, 3.63) is 94.7 Å². The molecule has 2 heterocycles. The first-order valence-electron chi connectivity index (χ1n) is 9.34. The van der Waals surface area contributed by atoms with Crippen LogP contribution in [-0.4, -0.2) is 28.8 Å². The number of hydrogen-bond acceptors (Lipinski definition) is 5. The van der Waals surface area contributed by atoms with Gasteiger partial charge in [-0.3, -0.25) is 19.5 Å². The molecular weight excluding hydrogens is 421 g/mol. The first-order valence-corrected chi connectivity index (χ1v) is 9.71. The number of benzene rings is 2. The number of imide groups is 1. The Morgan fingerprint density at radius 1 is 1.10 bits per heavy atom. The topological polar surface area (TPSA) is 71.5 Å². The summed E-state index contributed by atoms with van der Waals surface area (Å²) in [5.74, 6) is -0.945. The Labute approximate surface area is 182 Å². The first kappa shape index (κ1) is 20.6. The molecule has 8 heteroatoms. The highest BCUT2D eigenvalue weighted by molar-refractivity contribution is 6.36. The molecule has 0 unspecified atom stereocenters. The maximum absolute atomic E-state index is 13.4. The summed E-state index contributed by atoms with van der Waals surface area (Å²) in [6.45, 7) is 0.0603. The van der Waals surface area contributed by atoms with Gasteiger partial charge < -0.3 is 10.1 Å². The molecule has 0 atom stereocenters. The number of methoxy groups -OCH3 is 1. The molecule has 2 amide bonds. The van der Waals surface area contributed by atoms with Crippen LogP contribution in [0.4, 0.5) is 10.1 Å². The lowest BCUT2D eigenvalue weighted by Crippen LogP contribution is -2.32. The third-order valence-electron chi connectivity index (χ3n) is 4.79. The zero-order chi connectivity index (χ0) is 22.0. The second-order valence-electron chi connectivity index (χ2n) is 6.79. The molecule has 2 aromatic carbocycles. The van der Waals surface area contributed by atoms with Gasteiger partial charge in [-0.1, -0.05) is 29.8 Å². The number of rotatable bonds is 6. The van der Waals surface area contributed by atoms with Gasteiger partial charge >= 0.3 is 0 Å². The van der Waals surface area contributed by atoms with E-state index in [1.54, 1.807) is 42.7 Å². The number of nitrogens with zero attached hydrogens (tertiary/aromatic N) is 2. The van der Waals surface area contributed by atoms with Gasteiger partial charge in [0.15, 0.2) is 0 Å². The summed E-state index contributed by atoms with van der Waals surface area (Å²) in [4.78, 5) is 31.6. The van der Waals surface area contributed by atoms with E-state index in [1.165, 1.54) is 31.4 Å². The van der Waals surface area contributed by atoms with Gasteiger partial charge in [-0.05, 0) is 47.5 Å². The van der Waals surface area contributed by atoms with E-state index in [1.807, 2.05) is 0 Å². The van der Waals surface area contributed by atoms with Crippen molar-refractivity contribution >= 4 is 34.7 Å². The Morgan fingerprint density at radius 3 is 2.52 bits per heavy atom. The molecule has 0 fully saturated rings. The highest BCUT2D eigenvalue weighted by atomic mass is 35.5. The van der Waals surface area contributed by atoms with Crippen molar-refractivity contribution in [1.29, 1.82) is 0 Å². The molecule has 1 aromatic heterocycles. The van der Waals surface area contributed by atoms with E-state index in [0.29, 0.717) is 27.6 Å². The molecule has 0 bridgehead atoms. The monoisotopic (exact) mass is 437 g/mol. The summed E-state index contributed by atoms with van der Waals surface area (Å²) in [5.41, 5.74) is 1.87. The van der Waals surface area contributed by atoms with Gasteiger partial charge in [0.05, 0.1) is 24.3 Å². The second-order valence-corrected chi connectivity index (χ2v) is 7.20.